The first-order valence-electron chi connectivity index (χ1n) is 10.8. The Bertz CT molecular complexity index is 1060. The van der Waals surface area contributed by atoms with Gasteiger partial charge in [-0.2, -0.15) is 0 Å². The fourth-order valence-corrected chi connectivity index (χ4v) is 7.34. The zero-order valence-corrected chi connectivity index (χ0v) is 22.1. The zero-order valence-electron chi connectivity index (χ0n) is 19.4. The molecule has 0 aliphatic rings. The third-order valence-electron chi connectivity index (χ3n) is 5.52. The predicted octanol–water partition coefficient (Wildman–Crippen LogP) is 4.27. The van der Waals surface area contributed by atoms with Crippen molar-refractivity contribution in [2.75, 3.05) is 18.5 Å². The molecule has 7 heteroatoms. The van der Waals surface area contributed by atoms with E-state index >= 15 is 0 Å². The van der Waals surface area contributed by atoms with Gasteiger partial charge < -0.3 is 15.1 Å². The molecular formula is C26H30Cl2N2O2Si. The molecule has 0 saturated carbocycles. The number of nitrogens with two attached hydrogens (primary N) is 1. The van der Waals surface area contributed by atoms with E-state index in [4.69, 9.17) is 33.4 Å². The van der Waals surface area contributed by atoms with Gasteiger partial charge in [0.1, 0.15) is 0 Å². The average Bonchev–Trinajstić information content (AvgIpc) is 2.78. The van der Waals surface area contributed by atoms with Crippen molar-refractivity contribution >= 4 is 54.2 Å². The lowest BCUT2D eigenvalue weighted by Crippen LogP contribution is -2.44. The molecule has 0 radical (unpaired) electrons. The van der Waals surface area contributed by atoms with Gasteiger partial charge in [0.2, 0.25) is 14.9 Å². The van der Waals surface area contributed by atoms with E-state index in [1.165, 1.54) is 15.3 Å². The first-order chi connectivity index (χ1) is 15.6. The number of nitrogens with zero attached hydrogens (tertiary/aromatic N) is 1. The first kappa shape index (κ1) is 25.5. The Morgan fingerprint density at radius 1 is 1.00 bits per heavy atom. The molecule has 4 nitrogen and oxygen atoms in total. The van der Waals surface area contributed by atoms with Gasteiger partial charge in [-0.25, -0.2) is 0 Å². The highest BCUT2D eigenvalue weighted by Gasteiger charge is 2.28. The van der Waals surface area contributed by atoms with E-state index in [9.17, 15) is 4.79 Å². The van der Waals surface area contributed by atoms with Gasteiger partial charge in [0.15, 0.2) is 0 Å². The van der Waals surface area contributed by atoms with Crippen LogP contribution in [0.15, 0.2) is 66.7 Å². The lowest BCUT2D eigenvalue weighted by atomic mass is 9.85. The molecule has 0 spiro atoms. The molecule has 3 aromatic rings. The van der Waals surface area contributed by atoms with Crippen LogP contribution in [0.5, 0.6) is 0 Å². The molecule has 0 fully saturated rings. The Morgan fingerprint density at radius 3 is 1.97 bits per heavy atom. The molecule has 33 heavy (non-hydrogen) atoms. The summed E-state index contributed by atoms with van der Waals surface area (Å²) in [7, 11) is -0.311. The molecule has 1 amide bonds. The first-order valence-corrected chi connectivity index (χ1v) is 13.2. The minimum absolute atomic E-state index is 0.119. The SMILES string of the molecule is CN(C(=O)CN)c1c(CO[SiH](c2ccccc2)c2ccccc2)cc(Cl)c(C(C)(C)C)c1Cl. The summed E-state index contributed by atoms with van der Waals surface area (Å²) < 4.78 is 6.59. The highest BCUT2D eigenvalue weighted by atomic mass is 35.5. The maximum Gasteiger partial charge on any atom is 0.240 e. The van der Waals surface area contributed by atoms with Crippen molar-refractivity contribution in [3.8, 4) is 0 Å². The van der Waals surface area contributed by atoms with Crippen molar-refractivity contribution < 1.29 is 9.22 Å². The van der Waals surface area contributed by atoms with Gasteiger partial charge in [-0.1, -0.05) is 105 Å². The summed E-state index contributed by atoms with van der Waals surface area (Å²) in [5.41, 5.74) is 7.49. The van der Waals surface area contributed by atoms with Gasteiger partial charge in [0, 0.05) is 17.6 Å². The number of anilines is 1. The molecule has 0 atom stereocenters. The number of carbonyl (C=O) groups is 1. The number of benzene rings is 3. The standard InChI is InChI=1S/C26H30Cl2N2O2Si/c1-26(2,3)23-21(27)15-18(25(24(23)28)30(4)22(31)16-29)17-32-33(19-11-7-5-8-12-19)20-13-9-6-10-14-20/h5-15,33H,16-17,29H2,1-4H3. The third kappa shape index (κ3) is 5.86. The molecule has 0 aromatic heterocycles. The van der Waals surface area contributed by atoms with E-state index in [0.29, 0.717) is 15.7 Å². The van der Waals surface area contributed by atoms with E-state index in [0.717, 1.165) is 11.1 Å². The molecule has 0 heterocycles. The van der Waals surface area contributed by atoms with Crippen molar-refractivity contribution in [2.45, 2.75) is 32.8 Å². The molecule has 3 aromatic carbocycles. The van der Waals surface area contributed by atoms with Crippen LogP contribution in [0.1, 0.15) is 31.9 Å². The Kier molecular flexibility index (Phi) is 8.37. The van der Waals surface area contributed by atoms with Gasteiger partial charge in [0.05, 0.1) is 23.9 Å². The van der Waals surface area contributed by atoms with E-state index in [1.807, 2.05) is 63.2 Å². The van der Waals surface area contributed by atoms with E-state index in [2.05, 4.69) is 24.3 Å². The molecule has 0 unspecified atom stereocenters. The molecule has 0 aliphatic heterocycles. The summed E-state index contributed by atoms with van der Waals surface area (Å²) in [6.45, 7) is 6.27. The van der Waals surface area contributed by atoms with Gasteiger partial charge in [-0.3, -0.25) is 4.79 Å². The second-order valence-electron chi connectivity index (χ2n) is 8.97. The van der Waals surface area contributed by atoms with E-state index < -0.39 is 9.04 Å². The Hall–Kier alpha value is -2.15. The van der Waals surface area contributed by atoms with Crippen LogP contribution in [-0.4, -0.2) is 28.5 Å². The number of rotatable bonds is 7. The predicted molar refractivity (Wildman–Crippen MR) is 142 cm³/mol. The van der Waals surface area contributed by atoms with Gasteiger partial charge in [0.25, 0.3) is 0 Å². The molecule has 0 saturated heterocycles. The van der Waals surface area contributed by atoms with Crippen LogP contribution in [0.4, 0.5) is 5.69 Å². The van der Waals surface area contributed by atoms with Gasteiger partial charge in [-0.15, -0.1) is 0 Å². The molecule has 0 aliphatic carbocycles. The second-order valence-corrected chi connectivity index (χ2v) is 12.2. The third-order valence-corrected chi connectivity index (χ3v) is 8.66. The molecule has 3 rings (SSSR count). The maximum absolute atomic E-state index is 12.5. The summed E-state index contributed by atoms with van der Waals surface area (Å²) in [5, 5.41) is 3.34. The number of halogens is 2. The largest absolute Gasteiger partial charge is 0.407 e. The summed E-state index contributed by atoms with van der Waals surface area (Å²) in [4.78, 5) is 14.0. The summed E-state index contributed by atoms with van der Waals surface area (Å²) in [5.74, 6) is -0.236. The molecular weight excluding hydrogens is 471 g/mol. The van der Waals surface area contributed by atoms with Gasteiger partial charge >= 0.3 is 0 Å². The van der Waals surface area contributed by atoms with Crippen molar-refractivity contribution in [3.63, 3.8) is 0 Å². The quantitative estimate of drug-likeness (QED) is 0.492. The summed E-state index contributed by atoms with van der Waals surface area (Å²) in [6.07, 6.45) is 0. The number of hydrogen-bond acceptors (Lipinski definition) is 3. The summed E-state index contributed by atoms with van der Waals surface area (Å²) >= 11 is 13.6. The highest BCUT2D eigenvalue weighted by molar-refractivity contribution is 6.80. The van der Waals surface area contributed by atoms with E-state index in [1.54, 1.807) is 7.05 Å². The van der Waals surface area contributed by atoms with Crippen LogP contribution in [0, 0.1) is 0 Å². The second kappa shape index (κ2) is 10.8. The summed E-state index contributed by atoms with van der Waals surface area (Å²) in [6, 6.07) is 22.3. The van der Waals surface area contributed by atoms with Crippen LogP contribution in [0.2, 0.25) is 10.0 Å². The van der Waals surface area contributed by atoms with Crippen LogP contribution in [-0.2, 0) is 21.2 Å². The van der Waals surface area contributed by atoms with Gasteiger partial charge in [-0.05, 0) is 27.4 Å². The minimum Gasteiger partial charge on any atom is -0.407 e. The Morgan fingerprint density at radius 2 is 1.52 bits per heavy atom. The Labute approximate surface area is 208 Å². The van der Waals surface area contributed by atoms with Crippen LogP contribution >= 0.6 is 23.2 Å². The molecule has 174 valence electrons. The van der Waals surface area contributed by atoms with Crippen LogP contribution in [0.25, 0.3) is 0 Å². The van der Waals surface area contributed by atoms with Crippen molar-refractivity contribution in [1.82, 2.24) is 0 Å². The van der Waals surface area contributed by atoms with Crippen molar-refractivity contribution in [1.29, 1.82) is 0 Å². The number of amides is 1. The molecule has 0 bridgehead atoms. The zero-order chi connectivity index (χ0) is 24.2. The topological polar surface area (TPSA) is 55.6 Å². The van der Waals surface area contributed by atoms with E-state index in [-0.39, 0.29) is 24.5 Å². The van der Waals surface area contributed by atoms with Crippen LogP contribution < -0.4 is 21.0 Å². The normalized spacial score (nSPS) is 11.6. The maximum atomic E-state index is 12.5. The lowest BCUT2D eigenvalue weighted by molar-refractivity contribution is -0.117. The molecule has 2 N–H and O–H groups in total. The fourth-order valence-electron chi connectivity index (χ4n) is 3.89. The lowest BCUT2D eigenvalue weighted by Gasteiger charge is -2.29. The smallest absolute Gasteiger partial charge is 0.240 e. The Balaban J connectivity index is 2.07. The van der Waals surface area contributed by atoms with Crippen molar-refractivity contribution in [3.05, 3.63) is 87.9 Å². The highest BCUT2D eigenvalue weighted by Crippen LogP contribution is 2.43. The number of likely N-dealkylation sites (N-methyl/N-ethyl adjacent to an activating group) is 1. The minimum atomic E-state index is -2.00. The number of hydrogen-bond donors (Lipinski definition) is 1. The monoisotopic (exact) mass is 500 g/mol. The van der Waals surface area contributed by atoms with Crippen LogP contribution in [0.3, 0.4) is 0 Å². The average molecular weight is 502 g/mol. The number of carbonyl (C=O) groups excluding carboxylic acids is 1. The fraction of sp³-hybridized carbons (Fsp3) is 0.269. The van der Waals surface area contributed by atoms with Crippen molar-refractivity contribution in [2.24, 2.45) is 5.73 Å².